The summed E-state index contributed by atoms with van der Waals surface area (Å²) in [6.45, 7) is 8.95. The van der Waals surface area contributed by atoms with Crippen molar-refractivity contribution < 1.29 is 0 Å². The highest BCUT2D eigenvalue weighted by molar-refractivity contribution is 9.11. The molecule has 0 saturated heterocycles. The van der Waals surface area contributed by atoms with Gasteiger partial charge in [0.1, 0.15) is 0 Å². The molecule has 1 aromatic rings. The van der Waals surface area contributed by atoms with E-state index in [2.05, 4.69) is 77.0 Å². The summed E-state index contributed by atoms with van der Waals surface area (Å²) < 4.78 is 2.36. The van der Waals surface area contributed by atoms with Gasteiger partial charge >= 0.3 is 0 Å². The minimum absolute atomic E-state index is 0.376. The lowest BCUT2D eigenvalue weighted by atomic mass is 9.86. The molecule has 1 N–H and O–H groups in total. The van der Waals surface area contributed by atoms with Crippen molar-refractivity contribution in [1.82, 2.24) is 5.32 Å². The molecular weight excluding hydrogens is 342 g/mol. The number of benzene rings is 1. The Kier molecular flexibility index (Phi) is 5.68. The SMILES string of the molecule is CNC(c1cc(Br)c(C)cc1Br)C(C)C(C)C. The highest BCUT2D eigenvalue weighted by Gasteiger charge is 2.22. The van der Waals surface area contributed by atoms with Gasteiger partial charge in [-0.2, -0.15) is 0 Å². The minimum Gasteiger partial charge on any atom is -0.313 e. The van der Waals surface area contributed by atoms with Gasteiger partial charge in [-0.1, -0.05) is 52.6 Å². The summed E-state index contributed by atoms with van der Waals surface area (Å²) in [5, 5.41) is 3.44. The first-order valence-electron chi connectivity index (χ1n) is 6.01. The third-order valence-corrected chi connectivity index (χ3v) is 5.04. The molecule has 0 heterocycles. The van der Waals surface area contributed by atoms with Crippen LogP contribution in [0.25, 0.3) is 0 Å². The summed E-state index contributed by atoms with van der Waals surface area (Å²) in [4.78, 5) is 0. The molecule has 96 valence electrons. The molecule has 0 amide bonds. The van der Waals surface area contributed by atoms with E-state index in [1.54, 1.807) is 0 Å². The van der Waals surface area contributed by atoms with Gasteiger partial charge in [0, 0.05) is 15.0 Å². The smallest absolute Gasteiger partial charge is 0.0357 e. The van der Waals surface area contributed by atoms with Crippen molar-refractivity contribution in [3.8, 4) is 0 Å². The Morgan fingerprint density at radius 3 is 2.12 bits per heavy atom. The van der Waals surface area contributed by atoms with Crippen LogP contribution in [0.15, 0.2) is 21.1 Å². The van der Waals surface area contributed by atoms with E-state index in [4.69, 9.17) is 0 Å². The molecule has 0 aliphatic heterocycles. The maximum Gasteiger partial charge on any atom is 0.0357 e. The fraction of sp³-hybridized carbons (Fsp3) is 0.571. The van der Waals surface area contributed by atoms with Gasteiger partial charge in [0.05, 0.1) is 0 Å². The molecule has 1 nitrogen and oxygen atoms in total. The highest BCUT2D eigenvalue weighted by Crippen LogP contribution is 2.35. The van der Waals surface area contributed by atoms with Crippen LogP contribution in [0.4, 0.5) is 0 Å². The number of nitrogens with one attached hydrogen (secondary N) is 1. The molecule has 17 heavy (non-hydrogen) atoms. The second-order valence-electron chi connectivity index (χ2n) is 4.99. The molecule has 2 atom stereocenters. The molecule has 0 spiro atoms. The van der Waals surface area contributed by atoms with Crippen molar-refractivity contribution in [1.29, 1.82) is 0 Å². The predicted molar refractivity (Wildman–Crippen MR) is 82.4 cm³/mol. The number of aryl methyl sites for hydroxylation is 1. The Hall–Kier alpha value is 0.140. The molecular formula is C14H21Br2N. The van der Waals surface area contributed by atoms with Crippen molar-refractivity contribution >= 4 is 31.9 Å². The minimum atomic E-state index is 0.376. The monoisotopic (exact) mass is 361 g/mol. The summed E-state index contributed by atoms with van der Waals surface area (Å²) in [7, 11) is 2.03. The van der Waals surface area contributed by atoms with Crippen LogP contribution in [0.5, 0.6) is 0 Å². The lowest BCUT2D eigenvalue weighted by Crippen LogP contribution is -2.27. The van der Waals surface area contributed by atoms with Crippen molar-refractivity contribution in [3.05, 3.63) is 32.2 Å². The Bertz CT molecular complexity index is 388. The number of halogens is 2. The first kappa shape index (κ1) is 15.2. The fourth-order valence-corrected chi connectivity index (χ4v) is 3.05. The fourth-order valence-electron chi connectivity index (χ4n) is 1.99. The van der Waals surface area contributed by atoms with Crippen LogP contribution in [-0.4, -0.2) is 7.05 Å². The molecule has 0 saturated carbocycles. The van der Waals surface area contributed by atoms with Crippen molar-refractivity contribution in [2.75, 3.05) is 7.05 Å². The van der Waals surface area contributed by atoms with Crippen LogP contribution in [0.3, 0.4) is 0 Å². The summed E-state index contributed by atoms with van der Waals surface area (Å²) >= 11 is 7.29. The molecule has 0 aromatic heterocycles. The summed E-state index contributed by atoms with van der Waals surface area (Å²) in [6.07, 6.45) is 0. The van der Waals surface area contributed by atoms with E-state index in [0.29, 0.717) is 17.9 Å². The van der Waals surface area contributed by atoms with Gasteiger partial charge in [-0.15, -0.1) is 0 Å². The van der Waals surface area contributed by atoms with E-state index in [9.17, 15) is 0 Å². The molecule has 0 bridgehead atoms. The Morgan fingerprint density at radius 1 is 1.06 bits per heavy atom. The maximum atomic E-state index is 3.68. The van der Waals surface area contributed by atoms with E-state index < -0.39 is 0 Å². The van der Waals surface area contributed by atoms with Crippen LogP contribution >= 0.6 is 31.9 Å². The maximum absolute atomic E-state index is 3.68. The van der Waals surface area contributed by atoms with Gasteiger partial charge in [-0.3, -0.25) is 0 Å². The molecule has 0 radical (unpaired) electrons. The molecule has 2 unspecified atom stereocenters. The lowest BCUT2D eigenvalue weighted by molar-refractivity contribution is 0.316. The predicted octanol–water partition coefficient (Wildman–Crippen LogP) is 5.07. The number of hydrogen-bond acceptors (Lipinski definition) is 1. The Balaban J connectivity index is 3.16. The number of hydrogen-bond donors (Lipinski definition) is 1. The Labute approximate surface area is 122 Å². The third-order valence-electron chi connectivity index (χ3n) is 3.50. The highest BCUT2D eigenvalue weighted by atomic mass is 79.9. The Morgan fingerprint density at radius 2 is 1.65 bits per heavy atom. The van der Waals surface area contributed by atoms with E-state index in [-0.39, 0.29) is 0 Å². The standard InChI is InChI=1S/C14H21Br2N/c1-8(2)10(4)14(17-5)11-7-12(15)9(3)6-13(11)16/h6-8,10,14,17H,1-5H3. The second-order valence-corrected chi connectivity index (χ2v) is 6.70. The average Bonchev–Trinajstić information content (AvgIpc) is 2.25. The van der Waals surface area contributed by atoms with E-state index in [0.717, 1.165) is 0 Å². The van der Waals surface area contributed by atoms with Crippen LogP contribution in [0.1, 0.15) is 37.9 Å². The first-order chi connectivity index (χ1) is 7.88. The van der Waals surface area contributed by atoms with Crippen molar-refractivity contribution in [2.45, 2.75) is 33.7 Å². The van der Waals surface area contributed by atoms with Crippen LogP contribution in [0, 0.1) is 18.8 Å². The van der Waals surface area contributed by atoms with Crippen LogP contribution in [-0.2, 0) is 0 Å². The third kappa shape index (κ3) is 3.55. The van der Waals surface area contributed by atoms with E-state index in [1.165, 1.54) is 20.1 Å². The van der Waals surface area contributed by atoms with Crippen LogP contribution in [0.2, 0.25) is 0 Å². The molecule has 0 aliphatic carbocycles. The van der Waals surface area contributed by atoms with Crippen molar-refractivity contribution in [2.24, 2.45) is 11.8 Å². The topological polar surface area (TPSA) is 12.0 Å². The molecule has 3 heteroatoms. The molecule has 1 rings (SSSR count). The molecule has 0 fully saturated rings. The van der Waals surface area contributed by atoms with Gasteiger partial charge in [-0.05, 0) is 49.1 Å². The van der Waals surface area contributed by atoms with Gasteiger partial charge in [0.15, 0.2) is 0 Å². The number of rotatable bonds is 4. The average molecular weight is 363 g/mol. The first-order valence-corrected chi connectivity index (χ1v) is 7.59. The van der Waals surface area contributed by atoms with Crippen molar-refractivity contribution in [3.63, 3.8) is 0 Å². The largest absolute Gasteiger partial charge is 0.313 e. The summed E-state index contributed by atoms with van der Waals surface area (Å²) in [6, 6.07) is 4.78. The molecule has 1 aromatic carbocycles. The molecule has 0 aliphatic rings. The second kappa shape index (κ2) is 6.35. The lowest BCUT2D eigenvalue weighted by Gasteiger charge is -2.28. The zero-order valence-corrected chi connectivity index (χ0v) is 14.3. The van der Waals surface area contributed by atoms with Gasteiger partial charge < -0.3 is 5.32 Å². The summed E-state index contributed by atoms with van der Waals surface area (Å²) in [5.41, 5.74) is 2.58. The van der Waals surface area contributed by atoms with E-state index >= 15 is 0 Å². The normalized spacial score (nSPS) is 15.1. The van der Waals surface area contributed by atoms with Gasteiger partial charge in [-0.25, -0.2) is 0 Å². The zero-order valence-electron chi connectivity index (χ0n) is 11.1. The van der Waals surface area contributed by atoms with Crippen LogP contribution < -0.4 is 5.32 Å². The summed E-state index contributed by atoms with van der Waals surface area (Å²) in [5.74, 6) is 1.24. The quantitative estimate of drug-likeness (QED) is 0.788. The van der Waals surface area contributed by atoms with E-state index in [1.807, 2.05) is 7.05 Å². The zero-order chi connectivity index (χ0) is 13.2. The van der Waals surface area contributed by atoms with Gasteiger partial charge in [0.2, 0.25) is 0 Å². The van der Waals surface area contributed by atoms with Gasteiger partial charge in [0.25, 0.3) is 0 Å².